The summed E-state index contributed by atoms with van der Waals surface area (Å²) in [5.74, 6) is -0.400. The lowest BCUT2D eigenvalue weighted by atomic mass is 10.1. The zero-order chi connectivity index (χ0) is 14.3. The normalized spacial score (nSPS) is 11.4. The average Bonchev–Trinajstić information content (AvgIpc) is 2.35. The van der Waals surface area contributed by atoms with Crippen molar-refractivity contribution in [3.05, 3.63) is 35.4 Å². The highest BCUT2D eigenvalue weighted by Crippen LogP contribution is 2.19. The van der Waals surface area contributed by atoms with Crippen molar-refractivity contribution in [2.75, 3.05) is 13.7 Å². The van der Waals surface area contributed by atoms with E-state index in [0.717, 1.165) is 0 Å². The molecule has 0 spiro atoms. The fourth-order valence-electron chi connectivity index (χ4n) is 1.47. The molecule has 19 heavy (non-hydrogen) atoms. The monoisotopic (exact) mass is 276 g/mol. The molecule has 0 saturated carbocycles. The third-order valence-electron chi connectivity index (χ3n) is 2.47. The van der Waals surface area contributed by atoms with Crippen LogP contribution < -0.4 is 0 Å². The van der Waals surface area contributed by atoms with Gasteiger partial charge in [0.25, 0.3) is 0 Å². The summed E-state index contributed by atoms with van der Waals surface area (Å²) in [5.41, 5.74) is 1.39. The summed E-state index contributed by atoms with van der Waals surface area (Å²) in [5, 5.41) is 0. The molecule has 0 radical (unpaired) electrons. The van der Waals surface area contributed by atoms with Gasteiger partial charge in [-0.3, -0.25) is 4.79 Å². The predicted octanol–water partition coefficient (Wildman–Crippen LogP) is 2.87. The Bertz CT molecular complexity index is 416. The molecule has 0 saturated heterocycles. The van der Waals surface area contributed by atoms with Gasteiger partial charge in [0.2, 0.25) is 0 Å². The van der Waals surface area contributed by atoms with E-state index < -0.39 is 25.2 Å². The van der Waals surface area contributed by atoms with Crippen LogP contribution in [0.4, 0.5) is 13.2 Å². The molecule has 3 nitrogen and oxygen atoms in total. The number of rotatable bonds is 6. The van der Waals surface area contributed by atoms with Gasteiger partial charge < -0.3 is 9.47 Å². The predicted molar refractivity (Wildman–Crippen MR) is 62.5 cm³/mol. The number of alkyl halides is 3. The van der Waals surface area contributed by atoms with Crippen molar-refractivity contribution >= 4 is 5.97 Å². The Hall–Kier alpha value is -1.56. The molecule has 0 amide bonds. The minimum Gasteiger partial charge on any atom is -0.469 e. The zero-order valence-electron chi connectivity index (χ0n) is 10.5. The van der Waals surface area contributed by atoms with E-state index >= 15 is 0 Å². The molecule has 0 bridgehead atoms. The van der Waals surface area contributed by atoms with Gasteiger partial charge in [-0.1, -0.05) is 24.3 Å². The number of hydrogen-bond acceptors (Lipinski definition) is 3. The third-order valence-corrected chi connectivity index (χ3v) is 2.47. The maximum atomic E-state index is 11.9. The van der Waals surface area contributed by atoms with Crippen molar-refractivity contribution in [2.24, 2.45) is 0 Å². The third kappa shape index (κ3) is 6.24. The molecule has 0 aliphatic heterocycles. The maximum Gasteiger partial charge on any atom is 0.391 e. The molecular weight excluding hydrogens is 261 g/mol. The van der Waals surface area contributed by atoms with Crippen molar-refractivity contribution in [3.8, 4) is 0 Å². The number of benzene rings is 1. The summed E-state index contributed by atoms with van der Waals surface area (Å²) in [6.45, 7) is -0.348. The molecule has 1 rings (SSSR count). The largest absolute Gasteiger partial charge is 0.469 e. The zero-order valence-corrected chi connectivity index (χ0v) is 10.5. The number of carbonyl (C=O) groups excluding carboxylic acids is 1. The summed E-state index contributed by atoms with van der Waals surface area (Å²) in [6.07, 6.45) is -5.12. The lowest BCUT2D eigenvalue weighted by Gasteiger charge is -2.10. The topological polar surface area (TPSA) is 35.5 Å². The molecule has 0 aliphatic carbocycles. The van der Waals surface area contributed by atoms with E-state index in [9.17, 15) is 18.0 Å². The van der Waals surface area contributed by atoms with E-state index in [4.69, 9.17) is 4.74 Å². The van der Waals surface area contributed by atoms with E-state index in [1.54, 1.807) is 24.3 Å². The first-order valence-corrected chi connectivity index (χ1v) is 5.70. The van der Waals surface area contributed by atoms with Crippen molar-refractivity contribution in [1.29, 1.82) is 0 Å². The standard InChI is InChI=1S/C13H15F3O3/c1-18-12(17)8-10-4-2-3-5-11(10)9-19-7-6-13(14,15)16/h2-5H,6-9H2,1H3. The first-order chi connectivity index (χ1) is 8.92. The highest BCUT2D eigenvalue weighted by molar-refractivity contribution is 5.72. The minimum absolute atomic E-state index is 0.0449. The van der Waals surface area contributed by atoms with Crippen molar-refractivity contribution in [2.45, 2.75) is 25.6 Å². The summed E-state index contributed by atoms with van der Waals surface area (Å²) in [6, 6.07) is 6.92. The summed E-state index contributed by atoms with van der Waals surface area (Å²) < 4.78 is 45.3. The molecule has 0 fully saturated rings. The van der Waals surface area contributed by atoms with E-state index in [-0.39, 0.29) is 13.0 Å². The fourth-order valence-corrected chi connectivity index (χ4v) is 1.47. The fraction of sp³-hybridized carbons (Fsp3) is 0.462. The lowest BCUT2D eigenvalue weighted by molar-refractivity contribution is -0.146. The van der Waals surface area contributed by atoms with Crippen LogP contribution in [0, 0.1) is 0 Å². The van der Waals surface area contributed by atoms with Gasteiger partial charge in [0, 0.05) is 0 Å². The van der Waals surface area contributed by atoms with Crippen LogP contribution in [-0.2, 0) is 27.3 Å². The number of carbonyl (C=O) groups is 1. The van der Waals surface area contributed by atoms with Gasteiger partial charge in [-0.15, -0.1) is 0 Å². The SMILES string of the molecule is COC(=O)Cc1ccccc1COCCC(F)(F)F. The molecule has 6 heteroatoms. The smallest absolute Gasteiger partial charge is 0.391 e. The Morgan fingerprint density at radius 1 is 1.21 bits per heavy atom. The first-order valence-electron chi connectivity index (χ1n) is 5.70. The molecule has 0 aromatic heterocycles. The highest BCUT2D eigenvalue weighted by atomic mass is 19.4. The Morgan fingerprint density at radius 2 is 1.84 bits per heavy atom. The minimum atomic E-state index is -4.22. The summed E-state index contributed by atoms with van der Waals surface area (Å²) >= 11 is 0. The van der Waals surface area contributed by atoms with E-state index in [1.165, 1.54) is 7.11 Å². The molecule has 0 N–H and O–H groups in total. The molecule has 1 aromatic rings. The van der Waals surface area contributed by atoms with Crippen molar-refractivity contribution < 1.29 is 27.4 Å². The van der Waals surface area contributed by atoms with Crippen LogP contribution in [-0.4, -0.2) is 25.9 Å². The second-order valence-electron chi connectivity index (χ2n) is 3.94. The molecule has 0 unspecified atom stereocenters. The Kier molecular flexibility index (Phi) is 5.82. The van der Waals surface area contributed by atoms with Gasteiger partial charge in [0.1, 0.15) is 0 Å². The Balaban J connectivity index is 2.51. The van der Waals surface area contributed by atoms with Crippen LogP contribution >= 0.6 is 0 Å². The molecule has 0 heterocycles. The maximum absolute atomic E-state index is 11.9. The Morgan fingerprint density at radius 3 is 2.42 bits per heavy atom. The Labute approximate surface area is 109 Å². The second kappa shape index (κ2) is 7.13. The van der Waals surface area contributed by atoms with Gasteiger partial charge >= 0.3 is 12.1 Å². The molecule has 106 valence electrons. The van der Waals surface area contributed by atoms with E-state index in [2.05, 4.69) is 4.74 Å². The number of methoxy groups -OCH3 is 1. The molecule has 1 aromatic carbocycles. The van der Waals surface area contributed by atoms with Crippen LogP contribution in [0.3, 0.4) is 0 Å². The number of ether oxygens (including phenoxy) is 2. The lowest BCUT2D eigenvalue weighted by Crippen LogP contribution is -2.12. The van der Waals surface area contributed by atoms with Gasteiger partial charge in [0.15, 0.2) is 0 Å². The van der Waals surface area contributed by atoms with Crippen molar-refractivity contribution in [3.63, 3.8) is 0 Å². The molecular formula is C13H15F3O3. The summed E-state index contributed by atoms with van der Waals surface area (Å²) in [4.78, 5) is 11.2. The number of esters is 1. The van der Waals surface area contributed by atoms with Crippen LogP contribution in [0.25, 0.3) is 0 Å². The van der Waals surface area contributed by atoms with Gasteiger partial charge in [-0.25, -0.2) is 0 Å². The van der Waals surface area contributed by atoms with Gasteiger partial charge in [0.05, 0.1) is 33.2 Å². The van der Waals surface area contributed by atoms with Gasteiger partial charge in [-0.2, -0.15) is 13.2 Å². The van der Waals surface area contributed by atoms with E-state index in [1.807, 2.05) is 0 Å². The molecule has 0 atom stereocenters. The van der Waals surface area contributed by atoms with Crippen LogP contribution in [0.2, 0.25) is 0 Å². The second-order valence-corrected chi connectivity index (χ2v) is 3.94. The summed E-state index contributed by atoms with van der Waals surface area (Å²) in [7, 11) is 1.28. The number of hydrogen-bond donors (Lipinski definition) is 0. The highest BCUT2D eigenvalue weighted by Gasteiger charge is 2.26. The van der Waals surface area contributed by atoms with Crippen LogP contribution in [0.1, 0.15) is 17.5 Å². The van der Waals surface area contributed by atoms with Gasteiger partial charge in [-0.05, 0) is 11.1 Å². The van der Waals surface area contributed by atoms with Crippen LogP contribution in [0.5, 0.6) is 0 Å². The number of halogens is 3. The van der Waals surface area contributed by atoms with E-state index in [0.29, 0.717) is 11.1 Å². The first kappa shape index (κ1) is 15.5. The van der Waals surface area contributed by atoms with Crippen LogP contribution in [0.15, 0.2) is 24.3 Å². The van der Waals surface area contributed by atoms with Crippen molar-refractivity contribution in [1.82, 2.24) is 0 Å². The quantitative estimate of drug-likeness (QED) is 0.592. The average molecular weight is 276 g/mol. The molecule has 0 aliphatic rings.